The van der Waals surface area contributed by atoms with Crippen LogP contribution < -0.4 is 4.72 Å². The zero-order valence-corrected chi connectivity index (χ0v) is 9.29. The summed E-state index contributed by atoms with van der Waals surface area (Å²) < 4.78 is 50.7. The lowest BCUT2D eigenvalue weighted by atomic mass is 10.3. The highest BCUT2D eigenvalue weighted by Crippen LogP contribution is 2.25. The first-order chi connectivity index (χ1) is 6.88. The van der Waals surface area contributed by atoms with E-state index in [1.165, 1.54) is 6.92 Å². The van der Waals surface area contributed by atoms with Crippen LogP contribution in [0, 0.1) is 11.6 Å². The van der Waals surface area contributed by atoms with Crippen molar-refractivity contribution < 1.29 is 17.2 Å². The normalized spacial score (nSPS) is 11.7. The highest BCUT2D eigenvalue weighted by Gasteiger charge is 2.22. The fourth-order valence-corrected chi connectivity index (χ4v) is 2.70. The maximum atomic E-state index is 13.2. The van der Waals surface area contributed by atoms with Crippen molar-refractivity contribution in [2.75, 3.05) is 6.54 Å². The van der Waals surface area contributed by atoms with Crippen LogP contribution in [-0.2, 0) is 10.0 Å². The van der Waals surface area contributed by atoms with Gasteiger partial charge in [-0.1, -0.05) is 18.5 Å². The Labute approximate surface area is 91.1 Å². The van der Waals surface area contributed by atoms with Gasteiger partial charge >= 0.3 is 0 Å². The van der Waals surface area contributed by atoms with E-state index in [1.807, 2.05) is 0 Å². The number of hydrogen-bond donors (Lipinski definition) is 1. The predicted molar refractivity (Wildman–Crippen MR) is 52.2 cm³/mol. The summed E-state index contributed by atoms with van der Waals surface area (Å²) in [5.41, 5.74) is 0. The van der Waals surface area contributed by atoms with Gasteiger partial charge in [-0.25, -0.2) is 21.9 Å². The van der Waals surface area contributed by atoms with Crippen LogP contribution in [0.25, 0.3) is 0 Å². The number of benzene rings is 1. The van der Waals surface area contributed by atoms with Crippen molar-refractivity contribution in [1.82, 2.24) is 4.72 Å². The van der Waals surface area contributed by atoms with Gasteiger partial charge in [-0.05, 0) is 6.07 Å². The Kier molecular flexibility index (Phi) is 3.64. The number of halogens is 3. The minimum absolute atomic E-state index is 0.0927. The lowest BCUT2D eigenvalue weighted by Gasteiger charge is -2.07. The van der Waals surface area contributed by atoms with Gasteiger partial charge in [-0.15, -0.1) is 0 Å². The molecule has 84 valence electrons. The van der Waals surface area contributed by atoms with Crippen molar-refractivity contribution in [3.05, 3.63) is 28.8 Å². The molecule has 0 saturated carbocycles. The molecule has 7 heteroatoms. The molecule has 0 saturated heterocycles. The average Bonchev–Trinajstić information content (AvgIpc) is 1.99. The summed E-state index contributed by atoms with van der Waals surface area (Å²) >= 11 is 5.46. The number of nitrogens with one attached hydrogen (secondary N) is 1. The van der Waals surface area contributed by atoms with E-state index in [0.29, 0.717) is 6.07 Å². The van der Waals surface area contributed by atoms with Crippen LogP contribution in [0.15, 0.2) is 17.0 Å². The van der Waals surface area contributed by atoms with E-state index in [1.54, 1.807) is 0 Å². The molecule has 0 spiro atoms. The molecule has 0 fully saturated rings. The van der Waals surface area contributed by atoms with Crippen molar-refractivity contribution in [2.45, 2.75) is 11.8 Å². The van der Waals surface area contributed by atoms with Gasteiger partial charge in [0.2, 0.25) is 10.0 Å². The van der Waals surface area contributed by atoms with Crippen molar-refractivity contribution >= 4 is 21.6 Å². The van der Waals surface area contributed by atoms with E-state index in [-0.39, 0.29) is 6.54 Å². The highest BCUT2D eigenvalue weighted by atomic mass is 35.5. The average molecular weight is 256 g/mol. The van der Waals surface area contributed by atoms with Crippen molar-refractivity contribution in [3.63, 3.8) is 0 Å². The number of sulfonamides is 1. The topological polar surface area (TPSA) is 46.2 Å². The van der Waals surface area contributed by atoms with E-state index in [9.17, 15) is 17.2 Å². The SMILES string of the molecule is CCNS(=O)(=O)c1c(F)cc(F)cc1Cl. The Hall–Kier alpha value is -0.720. The van der Waals surface area contributed by atoms with Crippen LogP contribution in [0.4, 0.5) is 8.78 Å². The van der Waals surface area contributed by atoms with Crippen molar-refractivity contribution in [1.29, 1.82) is 0 Å². The van der Waals surface area contributed by atoms with Gasteiger partial charge in [0.25, 0.3) is 0 Å². The smallest absolute Gasteiger partial charge is 0.211 e. The number of rotatable bonds is 3. The van der Waals surface area contributed by atoms with E-state index in [4.69, 9.17) is 11.6 Å². The summed E-state index contributed by atoms with van der Waals surface area (Å²) in [7, 11) is -4.01. The molecule has 0 atom stereocenters. The van der Waals surface area contributed by atoms with Gasteiger partial charge in [0.15, 0.2) is 0 Å². The zero-order valence-electron chi connectivity index (χ0n) is 7.72. The quantitative estimate of drug-likeness (QED) is 0.897. The van der Waals surface area contributed by atoms with Crippen LogP contribution in [0.3, 0.4) is 0 Å². The zero-order chi connectivity index (χ0) is 11.6. The molecule has 1 rings (SSSR count). The second-order valence-electron chi connectivity index (χ2n) is 2.70. The highest BCUT2D eigenvalue weighted by molar-refractivity contribution is 7.89. The third kappa shape index (κ3) is 2.64. The van der Waals surface area contributed by atoms with Crippen LogP contribution in [0.5, 0.6) is 0 Å². The molecule has 1 N–H and O–H groups in total. The molecule has 0 radical (unpaired) electrons. The first-order valence-corrected chi connectivity index (χ1v) is 5.89. The Morgan fingerprint density at radius 2 is 2.00 bits per heavy atom. The summed E-state index contributed by atoms with van der Waals surface area (Å²) in [5, 5.41) is -0.478. The summed E-state index contributed by atoms with van der Waals surface area (Å²) in [4.78, 5) is -0.729. The first-order valence-electron chi connectivity index (χ1n) is 4.02. The molecule has 0 amide bonds. The molecule has 1 aromatic carbocycles. The number of hydrogen-bond acceptors (Lipinski definition) is 2. The fourth-order valence-electron chi connectivity index (χ4n) is 1.05. The maximum Gasteiger partial charge on any atom is 0.244 e. The molecule has 15 heavy (non-hydrogen) atoms. The standard InChI is InChI=1S/C8H8ClF2NO2S/c1-2-12-15(13,14)8-6(9)3-5(10)4-7(8)11/h3-4,12H,2H2,1H3. The predicted octanol–water partition coefficient (Wildman–Crippen LogP) is 1.92. The van der Waals surface area contributed by atoms with Gasteiger partial charge in [-0.3, -0.25) is 0 Å². The molecular formula is C8H8ClF2NO2S. The van der Waals surface area contributed by atoms with Crippen LogP contribution in [0.1, 0.15) is 6.92 Å². The van der Waals surface area contributed by atoms with Crippen molar-refractivity contribution in [3.8, 4) is 0 Å². The Morgan fingerprint density at radius 1 is 1.40 bits per heavy atom. The monoisotopic (exact) mass is 255 g/mol. The van der Waals surface area contributed by atoms with Crippen LogP contribution in [0.2, 0.25) is 5.02 Å². The van der Waals surface area contributed by atoms with E-state index < -0.39 is 31.6 Å². The van der Waals surface area contributed by atoms with Crippen molar-refractivity contribution in [2.24, 2.45) is 0 Å². The summed E-state index contributed by atoms with van der Waals surface area (Å²) in [6.45, 7) is 1.63. The Morgan fingerprint density at radius 3 is 2.47 bits per heavy atom. The second kappa shape index (κ2) is 4.42. The summed E-state index contributed by atoms with van der Waals surface area (Å²) in [5.74, 6) is -2.13. The molecule has 0 aliphatic rings. The maximum absolute atomic E-state index is 13.2. The first kappa shape index (κ1) is 12.4. The summed E-state index contributed by atoms with van der Waals surface area (Å²) in [6.07, 6.45) is 0. The fraction of sp³-hybridized carbons (Fsp3) is 0.250. The van der Waals surface area contributed by atoms with Gasteiger partial charge in [0.1, 0.15) is 16.5 Å². The van der Waals surface area contributed by atoms with Crippen LogP contribution in [-0.4, -0.2) is 15.0 Å². The third-order valence-corrected chi connectivity index (χ3v) is 3.60. The van der Waals surface area contributed by atoms with E-state index in [2.05, 4.69) is 4.72 Å². The van der Waals surface area contributed by atoms with Gasteiger partial charge < -0.3 is 0 Å². The minimum Gasteiger partial charge on any atom is -0.211 e. The molecule has 3 nitrogen and oxygen atoms in total. The van der Waals surface area contributed by atoms with E-state index >= 15 is 0 Å². The lowest BCUT2D eigenvalue weighted by molar-refractivity contribution is 0.544. The molecule has 0 heterocycles. The summed E-state index contributed by atoms with van der Waals surface area (Å²) in [6, 6.07) is 1.21. The van der Waals surface area contributed by atoms with Gasteiger partial charge in [0, 0.05) is 12.6 Å². The Bertz CT molecular complexity index is 453. The van der Waals surface area contributed by atoms with Gasteiger partial charge in [0.05, 0.1) is 5.02 Å². The molecule has 0 aliphatic heterocycles. The molecular weight excluding hydrogens is 248 g/mol. The largest absolute Gasteiger partial charge is 0.244 e. The molecule has 0 unspecified atom stereocenters. The third-order valence-electron chi connectivity index (χ3n) is 1.57. The molecule has 0 bridgehead atoms. The lowest BCUT2D eigenvalue weighted by Crippen LogP contribution is -2.24. The van der Waals surface area contributed by atoms with E-state index in [0.717, 1.165) is 6.07 Å². The van der Waals surface area contributed by atoms with Crippen LogP contribution >= 0.6 is 11.6 Å². The minimum atomic E-state index is -4.01. The second-order valence-corrected chi connectivity index (χ2v) is 4.81. The Balaban J connectivity index is 3.38. The van der Waals surface area contributed by atoms with Gasteiger partial charge in [-0.2, -0.15) is 0 Å². The molecule has 0 aliphatic carbocycles. The molecule has 1 aromatic rings. The molecule has 0 aromatic heterocycles.